The van der Waals surface area contributed by atoms with Gasteiger partial charge in [-0.3, -0.25) is 0 Å². The molecule has 0 N–H and O–H groups in total. The molecule has 0 aliphatic carbocycles. The summed E-state index contributed by atoms with van der Waals surface area (Å²) in [5.41, 5.74) is 5.22. The molecule has 0 spiro atoms. The Morgan fingerprint density at radius 2 is 1.62 bits per heavy atom. The normalized spacial score (nSPS) is 11.0. The van der Waals surface area contributed by atoms with Crippen LogP contribution in [0.25, 0.3) is 6.08 Å². The van der Waals surface area contributed by atoms with E-state index in [4.69, 9.17) is 4.74 Å². The molecule has 21 heavy (non-hydrogen) atoms. The smallest absolute Gasteiger partial charge is 0.330 e. The summed E-state index contributed by atoms with van der Waals surface area (Å²) in [7, 11) is 1.41. The molecule has 0 radical (unpaired) electrons. The summed E-state index contributed by atoms with van der Waals surface area (Å²) >= 11 is 0. The second-order valence-electron chi connectivity index (χ2n) is 5.56. The van der Waals surface area contributed by atoms with Gasteiger partial charge in [-0.2, -0.15) is 0 Å². The van der Waals surface area contributed by atoms with Crippen LogP contribution >= 0.6 is 0 Å². The molecule has 0 aliphatic heterocycles. The van der Waals surface area contributed by atoms with Crippen molar-refractivity contribution < 1.29 is 9.53 Å². The summed E-state index contributed by atoms with van der Waals surface area (Å²) in [5.74, 6) is -0.293. The predicted molar refractivity (Wildman–Crippen MR) is 89.5 cm³/mol. The number of unbranched alkanes of at least 4 members (excludes halogenated alkanes) is 2. The lowest BCUT2D eigenvalue weighted by Crippen LogP contribution is -2.00. The first-order chi connectivity index (χ1) is 10.1. The maximum absolute atomic E-state index is 11.4. The highest BCUT2D eigenvalue weighted by atomic mass is 16.5. The molecule has 0 aliphatic rings. The first kappa shape index (κ1) is 17.5. The molecule has 0 saturated heterocycles. The lowest BCUT2D eigenvalue weighted by Gasteiger charge is -2.14. The van der Waals surface area contributed by atoms with Crippen LogP contribution in [-0.4, -0.2) is 13.1 Å². The van der Waals surface area contributed by atoms with E-state index in [2.05, 4.69) is 32.9 Å². The van der Waals surface area contributed by atoms with Gasteiger partial charge in [0.05, 0.1) is 7.11 Å². The second kappa shape index (κ2) is 9.38. The monoisotopic (exact) mass is 288 g/mol. The Kier molecular flexibility index (Phi) is 7.81. The Morgan fingerprint density at radius 3 is 2.05 bits per heavy atom. The zero-order valence-corrected chi connectivity index (χ0v) is 13.9. The van der Waals surface area contributed by atoms with Gasteiger partial charge >= 0.3 is 5.97 Å². The SMILES string of the molecule is CCCCc1cc(C)cc(CCCC)c1/C=C/C(=O)OC. The third kappa shape index (κ3) is 5.74. The van der Waals surface area contributed by atoms with Crippen molar-refractivity contribution in [2.75, 3.05) is 7.11 Å². The van der Waals surface area contributed by atoms with Crippen molar-refractivity contribution in [3.05, 3.63) is 40.5 Å². The van der Waals surface area contributed by atoms with Crippen LogP contribution in [0.5, 0.6) is 0 Å². The van der Waals surface area contributed by atoms with Crippen molar-refractivity contribution in [3.8, 4) is 0 Å². The topological polar surface area (TPSA) is 26.3 Å². The summed E-state index contributed by atoms with van der Waals surface area (Å²) in [5, 5.41) is 0. The number of methoxy groups -OCH3 is 1. The minimum Gasteiger partial charge on any atom is -0.466 e. The third-order valence-electron chi connectivity index (χ3n) is 3.68. The van der Waals surface area contributed by atoms with Crippen molar-refractivity contribution in [2.45, 2.75) is 59.3 Å². The molecule has 0 saturated carbocycles. The predicted octanol–water partition coefficient (Wildman–Crippen LogP) is 4.87. The second-order valence-corrected chi connectivity index (χ2v) is 5.56. The van der Waals surface area contributed by atoms with Crippen LogP contribution in [0, 0.1) is 6.92 Å². The molecule has 2 heteroatoms. The van der Waals surface area contributed by atoms with Crippen LogP contribution in [-0.2, 0) is 22.4 Å². The zero-order chi connectivity index (χ0) is 15.7. The van der Waals surface area contributed by atoms with Crippen molar-refractivity contribution in [1.29, 1.82) is 0 Å². The third-order valence-corrected chi connectivity index (χ3v) is 3.68. The van der Waals surface area contributed by atoms with E-state index in [1.165, 1.54) is 61.1 Å². The van der Waals surface area contributed by atoms with Gasteiger partial charge in [-0.05, 0) is 55.4 Å². The van der Waals surface area contributed by atoms with Crippen molar-refractivity contribution in [2.24, 2.45) is 0 Å². The van der Waals surface area contributed by atoms with Gasteiger partial charge in [-0.25, -0.2) is 4.79 Å². The lowest BCUT2D eigenvalue weighted by atomic mass is 9.92. The summed E-state index contributed by atoms with van der Waals surface area (Å²) < 4.78 is 4.71. The Bertz CT molecular complexity index is 457. The fourth-order valence-electron chi connectivity index (χ4n) is 2.53. The lowest BCUT2D eigenvalue weighted by molar-refractivity contribution is -0.134. The van der Waals surface area contributed by atoms with Crippen LogP contribution in [0.15, 0.2) is 18.2 Å². The number of rotatable bonds is 8. The maximum Gasteiger partial charge on any atom is 0.330 e. The molecule has 2 nitrogen and oxygen atoms in total. The van der Waals surface area contributed by atoms with Crippen LogP contribution in [0.2, 0.25) is 0 Å². The number of hydrogen-bond donors (Lipinski definition) is 0. The van der Waals surface area contributed by atoms with E-state index in [0.29, 0.717) is 0 Å². The molecule has 1 rings (SSSR count). The van der Waals surface area contributed by atoms with Crippen molar-refractivity contribution in [3.63, 3.8) is 0 Å². The van der Waals surface area contributed by atoms with Crippen LogP contribution in [0.4, 0.5) is 0 Å². The van der Waals surface area contributed by atoms with E-state index in [9.17, 15) is 4.79 Å². The molecule has 0 heterocycles. The summed E-state index contributed by atoms with van der Waals surface area (Å²) in [6.45, 7) is 6.56. The number of benzene rings is 1. The Labute approximate surface area is 129 Å². The van der Waals surface area contributed by atoms with Crippen LogP contribution in [0.1, 0.15) is 61.8 Å². The minimum atomic E-state index is -0.293. The number of hydrogen-bond acceptors (Lipinski definition) is 2. The number of carbonyl (C=O) groups excluding carboxylic acids is 1. The number of carbonyl (C=O) groups is 1. The standard InChI is InChI=1S/C19H28O2/c1-5-7-9-16-13-15(3)14-17(10-8-6-2)18(16)11-12-19(20)21-4/h11-14H,5-10H2,1-4H3/b12-11+. The fourth-order valence-corrected chi connectivity index (χ4v) is 2.53. The molecule has 1 aromatic carbocycles. The van der Waals surface area contributed by atoms with E-state index in [0.717, 1.165) is 12.8 Å². The number of aryl methyl sites for hydroxylation is 3. The highest BCUT2D eigenvalue weighted by molar-refractivity contribution is 5.87. The molecule has 0 bridgehead atoms. The van der Waals surface area contributed by atoms with E-state index >= 15 is 0 Å². The average Bonchev–Trinajstić information content (AvgIpc) is 2.48. The van der Waals surface area contributed by atoms with Crippen molar-refractivity contribution in [1.82, 2.24) is 0 Å². The molecule has 0 fully saturated rings. The molecule has 1 aromatic rings. The van der Waals surface area contributed by atoms with E-state index in [1.54, 1.807) is 0 Å². The molecule has 0 unspecified atom stereocenters. The first-order valence-electron chi connectivity index (χ1n) is 8.00. The van der Waals surface area contributed by atoms with Gasteiger partial charge in [0.1, 0.15) is 0 Å². The molecule has 116 valence electrons. The maximum atomic E-state index is 11.4. The quantitative estimate of drug-likeness (QED) is 0.504. The van der Waals surface area contributed by atoms with Gasteiger partial charge in [0.2, 0.25) is 0 Å². The zero-order valence-electron chi connectivity index (χ0n) is 13.9. The summed E-state index contributed by atoms with van der Waals surface area (Å²) in [4.78, 5) is 11.4. The summed E-state index contributed by atoms with van der Waals surface area (Å²) in [6.07, 6.45) is 10.3. The average molecular weight is 288 g/mol. The Hall–Kier alpha value is -1.57. The van der Waals surface area contributed by atoms with Crippen molar-refractivity contribution >= 4 is 12.0 Å². The Morgan fingerprint density at radius 1 is 1.10 bits per heavy atom. The van der Waals surface area contributed by atoms with E-state index in [-0.39, 0.29) is 5.97 Å². The Balaban J connectivity index is 3.16. The van der Waals surface area contributed by atoms with Gasteiger partial charge < -0.3 is 4.74 Å². The van der Waals surface area contributed by atoms with E-state index in [1.807, 2.05) is 6.08 Å². The van der Waals surface area contributed by atoms with Gasteiger partial charge in [-0.1, -0.05) is 44.4 Å². The van der Waals surface area contributed by atoms with Gasteiger partial charge in [0.25, 0.3) is 0 Å². The van der Waals surface area contributed by atoms with Crippen LogP contribution in [0.3, 0.4) is 0 Å². The van der Waals surface area contributed by atoms with Gasteiger partial charge in [-0.15, -0.1) is 0 Å². The molecular formula is C19H28O2. The minimum absolute atomic E-state index is 0.293. The molecule has 0 amide bonds. The number of ether oxygens (including phenoxy) is 1. The summed E-state index contributed by atoms with van der Waals surface area (Å²) in [6, 6.07) is 4.50. The highest BCUT2D eigenvalue weighted by Crippen LogP contribution is 2.23. The first-order valence-corrected chi connectivity index (χ1v) is 8.00. The molecule has 0 aromatic heterocycles. The van der Waals surface area contributed by atoms with Gasteiger partial charge in [0.15, 0.2) is 0 Å². The van der Waals surface area contributed by atoms with Gasteiger partial charge in [0, 0.05) is 6.08 Å². The fraction of sp³-hybridized carbons (Fsp3) is 0.526. The number of esters is 1. The molecule has 0 atom stereocenters. The largest absolute Gasteiger partial charge is 0.466 e. The highest BCUT2D eigenvalue weighted by Gasteiger charge is 2.08. The van der Waals surface area contributed by atoms with E-state index < -0.39 is 0 Å². The molecular weight excluding hydrogens is 260 g/mol. The van der Waals surface area contributed by atoms with Crippen LogP contribution < -0.4 is 0 Å².